The average molecular weight is 247 g/mol. The van der Waals surface area contributed by atoms with Crippen LogP contribution in [0, 0.1) is 6.92 Å². The lowest BCUT2D eigenvalue weighted by atomic mass is 10.2. The molecule has 0 N–H and O–H groups in total. The molecule has 92 valence electrons. The molecular weight excluding hydrogens is 226 g/mol. The molecule has 0 atom stereocenters. The summed E-state index contributed by atoms with van der Waals surface area (Å²) in [5, 5.41) is 2.14. The first-order valence-corrected chi connectivity index (χ1v) is 6.62. The summed E-state index contributed by atoms with van der Waals surface area (Å²) < 4.78 is 0. The van der Waals surface area contributed by atoms with E-state index in [4.69, 9.17) is 0 Å². The van der Waals surface area contributed by atoms with Crippen LogP contribution in [0.2, 0.25) is 0 Å². The summed E-state index contributed by atoms with van der Waals surface area (Å²) in [5.74, 6) is 0. The van der Waals surface area contributed by atoms with Crippen LogP contribution in [0.25, 0.3) is 6.08 Å². The quantitative estimate of drug-likeness (QED) is 0.529. The molecule has 0 saturated carbocycles. The van der Waals surface area contributed by atoms with Crippen LogP contribution < -0.4 is 0 Å². The van der Waals surface area contributed by atoms with Crippen molar-refractivity contribution in [2.24, 2.45) is 4.99 Å². The number of rotatable bonds is 4. The highest BCUT2D eigenvalue weighted by Crippen LogP contribution is 2.15. The van der Waals surface area contributed by atoms with Crippen molar-refractivity contribution in [3.8, 4) is 0 Å². The van der Waals surface area contributed by atoms with E-state index in [-0.39, 0.29) is 0 Å². The van der Waals surface area contributed by atoms with E-state index in [0.29, 0.717) is 0 Å². The maximum absolute atomic E-state index is 3.90. The van der Waals surface area contributed by atoms with Crippen LogP contribution in [0.4, 0.5) is 0 Å². The van der Waals surface area contributed by atoms with E-state index in [1.807, 2.05) is 32.1 Å². The number of hydrogen-bond donors (Lipinski definition) is 0. The maximum atomic E-state index is 3.90. The van der Waals surface area contributed by atoms with E-state index in [1.165, 1.54) is 10.4 Å². The highest BCUT2D eigenvalue weighted by atomic mass is 32.1. The fraction of sp³-hybridized carbons (Fsp3) is 0.267. The lowest BCUT2D eigenvalue weighted by Crippen LogP contribution is -1.72. The second-order valence-corrected chi connectivity index (χ2v) is 4.22. The Morgan fingerprint density at radius 2 is 2.12 bits per heavy atom. The van der Waals surface area contributed by atoms with E-state index >= 15 is 0 Å². The first-order valence-electron chi connectivity index (χ1n) is 5.74. The van der Waals surface area contributed by atoms with Crippen LogP contribution in [-0.2, 0) is 0 Å². The zero-order valence-corrected chi connectivity index (χ0v) is 11.9. The van der Waals surface area contributed by atoms with E-state index in [1.54, 1.807) is 24.6 Å². The molecule has 0 saturated heterocycles. The van der Waals surface area contributed by atoms with Crippen molar-refractivity contribution in [1.29, 1.82) is 0 Å². The van der Waals surface area contributed by atoms with Gasteiger partial charge in [-0.1, -0.05) is 38.7 Å². The molecule has 0 amide bonds. The number of hydrogen-bond acceptors (Lipinski definition) is 2. The number of aryl methyl sites for hydroxylation is 1. The molecule has 1 aromatic heterocycles. The Morgan fingerprint density at radius 3 is 2.59 bits per heavy atom. The van der Waals surface area contributed by atoms with Crippen LogP contribution in [0.5, 0.6) is 0 Å². The Hall–Kier alpha value is -1.41. The zero-order valence-electron chi connectivity index (χ0n) is 11.1. The van der Waals surface area contributed by atoms with Gasteiger partial charge in [-0.15, -0.1) is 11.3 Å². The van der Waals surface area contributed by atoms with Crippen molar-refractivity contribution >= 4 is 23.6 Å². The van der Waals surface area contributed by atoms with Gasteiger partial charge in [0, 0.05) is 18.1 Å². The Labute approximate surface area is 109 Å². The fourth-order valence-electron chi connectivity index (χ4n) is 1.10. The Bertz CT molecular complexity index is 408. The van der Waals surface area contributed by atoms with Gasteiger partial charge in [-0.3, -0.25) is 4.99 Å². The molecule has 1 heterocycles. The van der Waals surface area contributed by atoms with Crippen molar-refractivity contribution in [3.05, 3.63) is 52.3 Å². The summed E-state index contributed by atoms with van der Waals surface area (Å²) in [5.41, 5.74) is 2.29. The predicted octanol–water partition coefficient (Wildman–Crippen LogP) is 4.91. The summed E-state index contributed by atoms with van der Waals surface area (Å²) in [4.78, 5) is 5.23. The summed E-state index contributed by atoms with van der Waals surface area (Å²) in [6.45, 7) is 9.86. The lowest BCUT2D eigenvalue weighted by Gasteiger charge is -1.89. The van der Waals surface area contributed by atoms with Crippen molar-refractivity contribution in [3.63, 3.8) is 0 Å². The molecule has 0 spiro atoms. The smallest absolute Gasteiger partial charge is 0.0277 e. The number of aliphatic imine (C=N–C) groups is 1. The van der Waals surface area contributed by atoms with E-state index in [2.05, 4.69) is 36.0 Å². The van der Waals surface area contributed by atoms with Gasteiger partial charge < -0.3 is 0 Å². The van der Waals surface area contributed by atoms with Gasteiger partial charge in [0.2, 0.25) is 0 Å². The molecule has 0 aromatic carbocycles. The molecular formula is C15H21NS. The van der Waals surface area contributed by atoms with Crippen molar-refractivity contribution in [2.45, 2.75) is 20.8 Å². The monoisotopic (exact) mass is 247 g/mol. The lowest BCUT2D eigenvalue weighted by molar-refractivity contribution is 1.47. The maximum Gasteiger partial charge on any atom is 0.0277 e. The van der Waals surface area contributed by atoms with Gasteiger partial charge in [0.05, 0.1) is 0 Å². The highest BCUT2D eigenvalue weighted by Gasteiger charge is 1.90. The molecule has 0 bridgehead atoms. The first kappa shape index (κ1) is 15.6. The summed E-state index contributed by atoms with van der Waals surface area (Å²) in [6, 6.07) is 2.16. The fourth-order valence-corrected chi connectivity index (χ4v) is 1.77. The van der Waals surface area contributed by atoms with Crippen molar-refractivity contribution < 1.29 is 0 Å². The van der Waals surface area contributed by atoms with Gasteiger partial charge in [0.25, 0.3) is 0 Å². The van der Waals surface area contributed by atoms with Crippen molar-refractivity contribution in [1.82, 2.24) is 0 Å². The van der Waals surface area contributed by atoms with E-state index in [9.17, 15) is 0 Å². The molecule has 1 nitrogen and oxygen atoms in total. The van der Waals surface area contributed by atoms with Crippen LogP contribution >= 0.6 is 11.3 Å². The second-order valence-electron chi connectivity index (χ2n) is 3.10. The second kappa shape index (κ2) is 9.79. The average Bonchev–Trinajstić information content (AvgIpc) is 2.78. The number of thiophene rings is 1. The summed E-state index contributed by atoms with van der Waals surface area (Å²) in [6.07, 6.45) is 9.64. The topological polar surface area (TPSA) is 12.4 Å². The molecule has 0 aliphatic rings. The van der Waals surface area contributed by atoms with Gasteiger partial charge >= 0.3 is 0 Å². The highest BCUT2D eigenvalue weighted by molar-refractivity contribution is 7.10. The third kappa shape index (κ3) is 6.69. The third-order valence-electron chi connectivity index (χ3n) is 1.87. The van der Waals surface area contributed by atoms with Gasteiger partial charge in [-0.2, -0.15) is 0 Å². The zero-order chi connectivity index (χ0) is 13.1. The molecule has 0 aliphatic carbocycles. The van der Waals surface area contributed by atoms with Crippen LogP contribution in [0.3, 0.4) is 0 Å². The predicted molar refractivity (Wildman–Crippen MR) is 82.1 cm³/mol. The van der Waals surface area contributed by atoms with Gasteiger partial charge in [0.15, 0.2) is 0 Å². The standard InChI is InChI=1S/C13H15NS.C2H6/c1-4-12(7-8-14-3)5-6-13-9-11(2)15-10-13;1-2/h4-10H,1H2,2-3H3;1-2H3/b6-5+,12-7+,14-8?;. The minimum atomic E-state index is 1.06. The Balaban J connectivity index is 0.00000121. The minimum Gasteiger partial charge on any atom is -0.296 e. The van der Waals surface area contributed by atoms with Gasteiger partial charge in [-0.05, 0) is 35.6 Å². The number of allylic oxidation sites excluding steroid dienone is 4. The summed E-state index contributed by atoms with van der Waals surface area (Å²) >= 11 is 1.76. The van der Waals surface area contributed by atoms with Crippen LogP contribution in [0.1, 0.15) is 24.3 Å². The van der Waals surface area contributed by atoms with Crippen molar-refractivity contribution in [2.75, 3.05) is 7.05 Å². The molecule has 1 aromatic rings. The number of nitrogens with zero attached hydrogens (tertiary/aromatic N) is 1. The Kier molecular flexibility index (Phi) is 8.98. The van der Waals surface area contributed by atoms with Gasteiger partial charge in [0.1, 0.15) is 0 Å². The van der Waals surface area contributed by atoms with Crippen LogP contribution in [-0.4, -0.2) is 13.3 Å². The van der Waals surface area contributed by atoms with E-state index < -0.39 is 0 Å². The molecule has 0 aliphatic heterocycles. The molecule has 1 rings (SSSR count). The molecule has 17 heavy (non-hydrogen) atoms. The minimum absolute atomic E-state index is 1.06. The molecule has 0 radical (unpaired) electrons. The normalized spacial score (nSPS) is 11.6. The largest absolute Gasteiger partial charge is 0.296 e. The Morgan fingerprint density at radius 1 is 1.41 bits per heavy atom. The molecule has 0 unspecified atom stereocenters. The summed E-state index contributed by atoms with van der Waals surface area (Å²) in [7, 11) is 1.75. The van der Waals surface area contributed by atoms with Gasteiger partial charge in [-0.25, -0.2) is 0 Å². The molecule has 2 heteroatoms. The third-order valence-corrected chi connectivity index (χ3v) is 2.75. The van der Waals surface area contributed by atoms with E-state index in [0.717, 1.165) is 5.57 Å². The van der Waals surface area contributed by atoms with Crippen LogP contribution in [0.15, 0.2) is 46.8 Å². The molecule has 0 fully saturated rings. The first-order chi connectivity index (χ1) is 8.26. The SMILES string of the molecule is C=CC(/C=C/c1csc(C)c1)=C\C=NC.CC.